The van der Waals surface area contributed by atoms with E-state index in [4.69, 9.17) is 4.98 Å². The number of nitrogens with zero attached hydrogens (tertiary/aromatic N) is 1. The van der Waals surface area contributed by atoms with Gasteiger partial charge < -0.3 is 5.32 Å². The summed E-state index contributed by atoms with van der Waals surface area (Å²) in [6, 6.07) is 23.9. The van der Waals surface area contributed by atoms with Crippen LogP contribution in [0.25, 0.3) is 26.9 Å². The quantitative estimate of drug-likeness (QED) is 0.453. The van der Waals surface area contributed by atoms with Crippen molar-refractivity contribution in [2.24, 2.45) is 0 Å². The Labute approximate surface area is 162 Å². The van der Waals surface area contributed by atoms with Crippen LogP contribution in [0.5, 0.6) is 0 Å². The first-order valence-corrected chi connectivity index (χ1v) is 9.51. The molecule has 0 aliphatic rings. The Morgan fingerprint density at radius 3 is 2.59 bits per heavy atom. The Balaban J connectivity index is 1.57. The smallest absolute Gasteiger partial charge is 0.248 e. The van der Waals surface area contributed by atoms with E-state index >= 15 is 0 Å². The number of fused-ring (bicyclic) bond motifs is 1. The van der Waals surface area contributed by atoms with Gasteiger partial charge in [0.25, 0.3) is 0 Å². The zero-order valence-corrected chi connectivity index (χ0v) is 15.7. The van der Waals surface area contributed by atoms with Crippen molar-refractivity contribution in [2.45, 2.75) is 6.92 Å². The van der Waals surface area contributed by atoms with E-state index in [9.17, 15) is 4.79 Å². The molecule has 3 aromatic carbocycles. The molecule has 4 aromatic rings. The van der Waals surface area contributed by atoms with E-state index in [1.54, 1.807) is 17.4 Å². The van der Waals surface area contributed by atoms with Crippen LogP contribution in [0.1, 0.15) is 11.1 Å². The number of carbonyl (C=O) groups is 1. The Hall–Kier alpha value is -3.24. The number of para-hydroxylation sites is 1. The molecule has 0 atom stereocenters. The van der Waals surface area contributed by atoms with Crippen molar-refractivity contribution in [3.8, 4) is 10.6 Å². The van der Waals surface area contributed by atoms with Crippen LogP contribution in [-0.2, 0) is 4.79 Å². The lowest BCUT2D eigenvalue weighted by Crippen LogP contribution is -2.09. The third-order valence-electron chi connectivity index (χ3n) is 4.26. The number of hydrogen-bond acceptors (Lipinski definition) is 3. The summed E-state index contributed by atoms with van der Waals surface area (Å²) in [5.74, 6) is -0.150. The normalized spacial score (nSPS) is 11.1. The number of aromatic nitrogens is 1. The van der Waals surface area contributed by atoms with Gasteiger partial charge in [0.2, 0.25) is 5.91 Å². The first-order valence-electron chi connectivity index (χ1n) is 8.70. The van der Waals surface area contributed by atoms with Crippen molar-refractivity contribution in [3.63, 3.8) is 0 Å². The largest absolute Gasteiger partial charge is 0.322 e. The SMILES string of the molecule is Cc1ccc(-c2nc3ccccc3s2)cc1NC(=O)/C=C/c1ccccc1. The molecule has 27 heavy (non-hydrogen) atoms. The van der Waals surface area contributed by atoms with E-state index in [2.05, 4.69) is 11.4 Å². The van der Waals surface area contributed by atoms with Crippen molar-refractivity contribution in [2.75, 3.05) is 5.32 Å². The maximum atomic E-state index is 12.3. The molecule has 1 N–H and O–H groups in total. The number of amides is 1. The lowest BCUT2D eigenvalue weighted by Gasteiger charge is -2.08. The standard InChI is InChI=1S/C23H18N2OS/c1-16-11-13-18(23-25-19-9-5-6-10-21(19)27-23)15-20(16)24-22(26)14-12-17-7-3-2-4-8-17/h2-15H,1H3,(H,24,26)/b14-12+. The molecule has 0 spiro atoms. The van der Waals surface area contributed by atoms with Crippen molar-refractivity contribution in [1.29, 1.82) is 0 Å². The molecule has 132 valence electrons. The van der Waals surface area contributed by atoms with Gasteiger partial charge in [-0.15, -0.1) is 11.3 Å². The van der Waals surface area contributed by atoms with E-state index in [1.807, 2.05) is 79.7 Å². The fourth-order valence-electron chi connectivity index (χ4n) is 2.80. The Morgan fingerprint density at radius 2 is 1.78 bits per heavy atom. The minimum atomic E-state index is -0.150. The van der Waals surface area contributed by atoms with Crippen LogP contribution in [0.3, 0.4) is 0 Å². The second-order valence-electron chi connectivity index (χ2n) is 6.25. The van der Waals surface area contributed by atoms with Gasteiger partial charge in [-0.2, -0.15) is 0 Å². The number of thiazole rings is 1. The molecule has 1 amide bonds. The third kappa shape index (κ3) is 3.96. The molecule has 0 radical (unpaired) electrons. The predicted molar refractivity (Wildman–Crippen MR) is 114 cm³/mol. The molecule has 0 bridgehead atoms. The number of hydrogen-bond donors (Lipinski definition) is 1. The Bertz CT molecular complexity index is 1100. The minimum Gasteiger partial charge on any atom is -0.322 e. The third-order valence-corrected chi connectivity index (χ3v) is 5.35. The molecule has 0 unspecified atom stereocenters. The summed E-state index contributed by atoms with van der Waals surface area (Å²) >= 11 is 1.65. The summed E-state index contributed by atoms with van der Waals surface area (Å²) in [6.45, 7) is 1.98. The van der Waals surface area contributed by atoms with Crippen molar-refractivity contribution < 1.29 is 4.79 Å². The van der Waals surface area contributed by atoms with Crippen LogP contribution < -0.4 is 5.32 Å². The summed E-state index contributed by atoms with van der Waals surface area (Å²) < 4.78 is 1.16. The van der Waals surface area contributed by atoms with Gasteiger partial charge in [0.15, 0.2) is 0 Å². The molecule has 1 aromatic heterocycles. The van der Waals surface area contributed by atoms with Gasteiger partial charge in [0.1, 0.15) is 5.01 Å². The van der Waals surface area contributed by atoms with Crippen LogP contribution in [-0.4, -0.2) is 10.9 Å². The zero-order valence-electron chi connectivity index (χ0n) is 14.8. The summed E-state index contributed by atoms with van der Waals surface area (Å²) in [4.78, 5) is 17.0. The zero-order chi connectivity index (χ0) is 18.6. The second kappa shape index (κ2) is 7.56. The fraction of sp³-hybridized carbons (Fsp3) is 0.0435. The number of rotatable bonds is 4. The van der Waals surface area contributed by atoms with Crippen LogP contribution in [0.2, 0.25) is 0 Å². The highest BCUT2D eigenvalue weighted by Crippen LogP contribution is 2.32. The van der Waals surface area contributed by atoms with E-state index < -0.39 is 0 Å². The fourth-order valence-corrected chi connectivity index (χ4v) is 3.76. The van der Waals surface area contributed by atoms with Gasteiger partial charge in [-0.3, -0.25) is 4.79 Å². The summed E-state index contributed by atoms with van der Waals surface area (Å²) in [5, 5.41) is 3.93. The average molecular weight is 370 g/mol. The first-order chi connectivity index (χ1) is 13.2. The summed E-state index contributed by atoms with van der Waals surface area (Å²) in [5.41, 5.74) is 4.81. The first kappa shape index (κ1) is 17.2. The Morgan fingerprint density at radius 1 is 1.00 bits per heavy atom. The van der Waals surface area contributed by atoms with Gasteiger partial charge >= 0.3 is 0 Å². The van der Waals surface area contributed by atoms with E-state index in [1.165, 1.54) is 0 Å². The van der Waals surface area contributed by atoms with Crippen LogP contribution in [0.4, 0.5) is 5.69 Å². The molecule has 0 aliphatic carbocycles. The molecular formula is C23H18N2OS. The second-order valence-corrected chi connectivity index (χ2v) is 7.28. The van der Waals surface area contributed by atoms with Gasteiger partial charge in [-0.05, 0) is 42.3 Å². The van der Waals surface area contributed by atoms with Gasteiger partial charge in [-0.1, -0.05) is 54.6 Å². The highest BCUT2D eigenvalue weighted by molar-refractivity contribution is 7.21. The average Bonchev–Trinajstić information content (AvgIpc) is 3.13. The number of benzene rings is 3. The number of nitrogens with one attached hydrogen (secondary N) is 1. The highest BCUT2D eigenvalue weighted by Gasteiger charge is 2.09. The predicted octanol–water partition coefficient (Wildman–Crippen LogP) is 5.92. The van der Waals surface area contributed by atoms with Crippen LogP contribution >= 0.6 is 11.3 Å². The molecule has 0 fully saturated rings. The van der Waals surface area contributed by atoms with Crippen LogP contribution in [0, 0.1) is 6.92 Å². The molecule has 0 saturated carbocycles. The van der Waals surface area contributed by atoms with Crippen molar-refractivity contribution in [3.05, 3.63) is 90.0 Å². The maximum absolute atomic E-state index is 12.3. The van der Waals surface area contributed by atoms with E-state index in [-0.39, 0.29) is 5.91 Å². The molecule has 4 heteroatoms. The van der Waals surface area contributed by atoms with Crippen LogP contribution in [0.15, 0.2) is 78.9 Å². The van der Waals surface area contributed by atoms with Gasteiger partial charge in [0.05, 0.1) is 10.2 Å². The van der Waals surface area contributed by atoms with E-state index in [0.29, 0.717) is 0 Å². The topological polar surface area (TPSA) is 42.0 Å². The molecule has 0 saturated heterocycles. The lowest BCUT2D eigenvalue weighted by molar-refractivity contribution is -0.111. The summed E-state index contributed by atoms with van der Waals surface area (Å²) in [7, 11) is 0. The van der Waals surface area contributed by atoms with Gasteiger partial charge in [0, 0.05) is 17.3 Å². The van der Waals surface area contributed by atoms with E-state index in [0.717, 1.165) is 37.6 Å². The van der Waals surface area contributed by atoms with Gasteiger partial charge in [-0.25, -0.2) is 4.98 Å². The highest BCUT2D eigenvalue weighted by atomic mass is 32.1. The molecular weight excluding hydrogens is 352 g/mol. The maximum Gasteiger partial charge on any atom is 0.248 e. The van der Waals surface area contributed by atoms with Crippen molar-refractivity contribution in [1.82, 2.24) is 4.98 Å². The number of aryl methyl sites for hydroxylation is 1. The number of carbonyl (C=O) groups excluding carboxylic acids is 1. The minimum absolute atomic E-state index is 0.150. The molecule has 3 nitrogen and oxygen atoms in total. The number of anilines is 1. The summed E-state index contributed by atoms with van der Waals surface area (Å²) in [6.07, 6.45) is 3.36. The Kier molecular flexibility index (Phi) is 4.81. The van der Waals surface area contributed by atoms with Crippen molar-refractivity contribution >= 4 is 39.2 Å². The monoisotopic (exact) mass is 370 g/mol. The molecule has 4 rings (SSSR count). The lowest BCUT2D eigenvalue weighted by atomic mass is 10.1. The molecule has 1 heterocycles. The molecule has 0 aliphatic heterocycles.